The van der Waals surface area contributed by atoms with Gasteiger partial charge in [-0.05, 0) is 0 Å². The lowest BCUT2D eigenvalue weighted by atomic mass is 10.1. The number of amides is 1. The lowest BCUT2D eigenvalue weighted by Gasteiger charge is -2.17. The highest BCUT2D eigenvalue weighted by atomic mass is 16.4. The van der Waals surface area contributed by atoms with E-state index in [0.29, 0.717) is 0 Å². The normalized spacial score (nSPS) is 13.6. The molecule has 2 atom stereocenters. The van der Waals surface area contributed by atoms with Gasteiger partial charge in [0.25, 0.3) is 0 Å². The van der Waals surface area contributed by atoms with E-state index in [1.807, 2.05) is 0 Å². The number of aliphatic hydroxyl groups is 2. The number of hydrogen-bond donors (Lipinski definition) is 5. The van der Waals surface area contributed by atoms with Gasteiger partial charge in [-0.1, -0.05) is 0 Å². The molecule has 0 aliphatic heterocycles. The Hall–Kier alpha value is -2.26. The van der Waals surface area contributed by atoms with Gasteiger partial charge in [-0.15, -0.1) is 0 Å². The van der Waals surface area contributed by atoms with Crippen molar-refractivity contribution in [3.63, 3.8) is 0 Å². The molecule has 19 heavy (non-hydrogen) atoms. The van der Waals surface area contributed by atoms with E-state index in [1.165, 1.54) is 6.92 Å². The van der Waals surface area contributed by atoms with E-state index in [9.17, 15) is 19.8 Å². The number of aliphatic hydroxyl groups excluding tert-OH is 2. The highest BCUT2D eigenvalue weighted by molar-refractivity contribution is 5.90. The van der Waals surface area contributed by atoms with Crippen molar-refractivity contribution in [2.75, 3.05) is 12.3 Å². The molecule has 0 radical (unpaired) electrons. The second-order valence-electron chi connectivity index (χ2n) is 3.78. The summed E-state index contributed by atoms with van der Waals surface area (Å²) in [6.07, 6.45) is -1.77. The lowest BCUT2D eigenvalue weighted by Crippen LogP contribution is -2.34. The van der Waals surface area contributed by atoms with Crippen LogP contribution < -0.4 is 11.1 Å². The molecular weight excluding hydrogens is 256 g/mol. The summed E-state index contributed by atoms with van der Waals surface area (Å²) in [4.78, 5) is 28.7. The number of aromatic nitrogens is 2. The third kappa shape index (κ3) is 3.86. The summed E-state index contributed by atoms with van der Waals surface area (Å²) in [7, 11) is 0. The van der Waals surface area contributed by atoms with Crippen molar-refractivity contribution >= 4 is 17.7 Å². The van der Waals surface area contributed by atoms with Crippen LogP contribution in [-0.2, 0) is 4.79 Å². The molecule has 1 rings (SSSR count). The van der Waals surface area contributed by atoms with Gasteiger partial charge < -0.3 is 26.4 Å². The van der Waals surface area contributed by atoms with Gasteiger partial charge in [0.2, 0.25) is 5.91 Å². The van der Waals surface area contributed by atoms with Gasteiger partial charge >= 0.3 is 5.97 Å². The standard InChI is InChI=1S/C10H14N4O5/c1-4(15)12-3-6(16)8(17)5-2-13-9(11)7(14-5)10(18)19/h2,6,8,16-17H,3H2,1H3,(H2,11,13)(H,12,15)(H,18,19). The molecule has 0 aromatic carbocycles. The van der Waals surface area contributed by atoms with Gasteiger partial charge in [-0.2, -0.15) is 0 Å². The van der Waals surface area contributed by atoms with Gasteiger partial charge in [0.05, 0.1) is 11.9 Å². The fourth-order valence-corrected chi connectivity index (χ4v) is 1.27. The van der Waals surface area contributed by atoms with E-state index in [-0.39, 0.29) is 24.0 Å². The topological polar surface area (TPSA) is 159 Å². The van der Waals surface area contributed by atoms with E-state index in [2.05, 4.69) is 15.3 Å². The average molecular weight is 270 g/mol. The average Bonchev–Trinajstić information content (AvgIpc) is 2.35. The summed E-state index contributed by atoms with van der Waals surface area (Å²) in [5.74, 6) is -2.06. The van der Waals surface area contributed by atoms with E-state index >= 15 is 0 Å². The molecule has 1 heterocycles. The molecule has 0 fully saturated rings. The highest BCUT2D eigenvalue weighted by Crippen LogP contribution is 2.16. The highest BCUT2D eigenvalue weighted by Gasteiger charge is 2.22. The number of nitrogens with two attached hydrogens (primary N) is 1. The molecule has 1 aromatic heterocycles. The number of hydrogen-bond acceptors (Lipinski definition) is 7. The molecule has 0 aliphatic rings. The molecule has 6 N–H and O–H groups in total. The van der Waals surface area contributed by atoms with Crippen molar-refractivity contribution < 1.29 is 24.9 Å². The van der Waals surface area contributed by atoms with Crippen LogP contribution in [0.2, 0.25) is 0 Å². The minimum Gasteiger partial charge on any atom is -0.476 e. The molecule has 104 valence electrons. The number of nitrogens with zero attached hydrogens (tertiary/aromatic N) is 2. The Morgan fingerprint density at radius 1 is 1.47 bits per heavy atom. The van der Waals surface area contributed by atoms with Crippen molar-refractivity contribution in [3.8, 4) is 0 Å². The first kappa shape index (κ1) is 14.8. The Morgan fingerprint density at radius 2 is 2.11 bits per heavy atom. The van der Waals surface area contributed by atoms with Gasteiger partial charge in [-0.3, -0.25) is 4.79 Å². The largest absolute Gasteiger partial charge is 0.476 e. The zero-order valence-corrected chi connectivity index (χ0v) is 10.1. The first-order chi connectivity index (χ1) is 8.82. The van der Waals surface area contributed by atoms with Crippen molar-refractivity contribution in [2.24, 2.45) is 0 Å². The summed E-state index contributed by atoms with van der Waals surface area (Å²) in [6.45, 7) is 1.05. The zero-order chi connectivity index (χ0) is 14.6. The van der Waals surface area contributed by atoms with Gasteiger partial charge in [0, 0.05) is 13.5 Å². The second-order valence-corrected chi connectivity index (χ2v) is 3.78. The maximum absolute atomic E-state index is 10.8. The van der Waals surface area contributed by atoms with E-state index in [4.69, 9.17) is 10.8 Å². The van der Waals surface area contributed by atoms with Crippen LogP contribution in [0, 0.1) is 0 Å². The Morgan fingerprint density at radius 3 is 2.63 bits per heavy atom. The van der Waals surface area contributed by atoms with Crippen LogP contribution in [-0.4, -0.2) is 49.8 Å². The Labute approximate surface area is 108 Å². The summed E-state index contributed by atoms with van der Waals surface area (Å²) in [5.41, 5.74) is 4.65. The number of nitrogens with one attached hydrogen (secondary N) is 1. The van der Waals surface area contributed by atoms with Crippen LogP contribution in [0.1, 0.15) is 29.2 Å². The number of anilines is 1. The Kier molecular flexibility index (Phi) is 4.73. The van der Waals surface area contributed by atoms with Crippen LogP contribution in [0.4, 0.5) is 5.82 Å². The molecule has 0 spiro atoms. The molecule has 0 saturated carbocycles. The predicted octanol–water partition coefficient (Wildman–Crippen LogP) is -1.71. The van der Waals surface area contributed by atoms with Crippen LogP contribution in [0.25, 0.3) is 0 Å². The van der Waals surface area contributed by atoms with Gasteiger partial charge in [0.15, 0.2) is 11.5 Å². The fourth-order valence-electron chi connectivity index (χ4n) is 1.27. The maximum atomic E-state index is 10.8. The van der Waals surface area contributed by atoms with Gasteiger partial charge in [-0.25, -0.2) is 14.8 Å². The van der Waals surface area contributed by atoms with E-state index in [1.54, 1.807) is 0 Å². The quantitative estimate of drug-likeness (QED) is 0.423. The number of nitrogen functional groups attached to an aromatic ring is 1. The number of rotatable bonds is 5. The second kappa shape index (κ2) is 6.07. The molecule has 1 amide bonds. The third-order valence-corrected chi connectivity index (χ3v) is 2.25. The van der Waals surface area contributed by atoms with Crippen molar-refractivity contribution in [1.82, 2.24) is 15.3 Å². The predicted molar refractivity (Wildman–Crippen MR) is 63.1 cm³/mol. The van der Waals surface area contributed by atoms with E-state index < -0.39 is 23.9 Å². The molecule has 2 unspecified atom stereocenters. The van der Waals surface area contributed by atoms with Crippen molar-refractivity contribution in [3.05, 3.63) is 17.6 Å². The molecule has 0 saturated heterocycles. The molecule has 1 aromatic rings. The summed E-state index contributed by atoms with van der Waals surface area (Å²) in [5, 5.41) is 30.5. The monoisotopic (exact) mass is 270 g/mol. The van der Waals surface area contributed by atoms with Gasteiger partial charge in [0.1, 0.15) is 12.2 Å². The molecule has 9 nitrogen and oxygen atoms in total. The summed E-state index contributed by atoms with van der Waals surface area (Å²) < 4.78 is 0. The number of carboxylic acids is 1. The maximum Gasteiger partial charge on any atom is 0.358 e. The van der Waals surface area contributed by atoms with Crippen LogP contribution >= 0.6 is 0 Å². The number of aromatic carboxylic acids is 1. The smallest absolute Gasteiger partial charge is 0.358 e. The Balaban J connectivity index is 2.87. The van der Waals surface area contributed by atoms with Crippen molar-refractivity contribution in [2.45, 2.75) is 19.1 Å². The zero-order valence-electron chi connectivity index (χ0n) is 10.1. The first-order valence-corrected chi connectivity index (χ1v) is 5.29. The molecule has 0 aliphatic carbocycles. The number of carbonyl (C=O) groups is 2. The molecular formula is C10H14N4O5. The number of carboxylic acid groups (broad SMARTS) is 1. The number of carbonyl (C=O) groups excluding carboxylic acids is 1. The third-order valence-electron chi connectivity index (χ3n) is 2.25. The first-order valence-electron chi connectivity index (χ1n) is 5.29. The molecule has 0 bridgehead atoms. The minimum absolute atomic E-state index is 0.149. The van der Waals surface area contributed by atoms with Crippen molar-refractivity contribution in [1.29, 1.82) is 0 Å². The summed E-state index contributed by atoms with van der Waals surface area (Å²) >= 11 is 0. The fraction of sp³-hybridized carbons (Fsp3) is 0.400. The van der Waals surface area contributed by atoms with E-state index in [0.717, 1.165) is 6.20 Å². The van der Waals surface area contributed by atoms with Crippen LogP contribution in [0.3, 0.4) is 0 Å². The minimum atomic E-state index is -1.49. The lowest BCUT2D eigenvalue weighted by molar-refractivity contribution is -0.119. The summed E-state index contributed by atoms with van der Waals surface area (Å²) in [6, 6.07) is 0. The van der Waals surface area contributed by atoms with Crippen LogP contribution in [0.5, 0.6) is 0 Å². The molecule has 9 heteroatoms. The van der Waals surface area contributed by atoms with Crippen LogP contribution in [0.15, 0.2) is 6.20 Å². The SMILES string of the molecule is CC(=O)NCC(O)C(O)c1cnc(N)c(C(=O)O)n1. The Bertz CT molecular complexity index is 493.